The van der Waals surface area contributed by atoms with Crippen molar-refractivity contribution in [3.05, 3.63) is 47.9 Å². The first-order valence-corrected chi connectivity index (χ1v) is 11.3. The quantitative estimate of drug-likeness (QED) is 0.372. The van der Waals surface area contributed by atoms with E-state index in [2.05, 4.69) is 15.2 Å². The Kier molecular flexibility index (Phi) is 5.54. The number of carbonyl (C=O) groups is 3. The first-order chi connectivity index (χ1) is 14.4. The van der Waals surface area contributed by atoms with Gasteiger partial charge in [-0.05, 0) is 23.3 Å². The van der Waals surface area contributed by atoms with Gasteiger partial charge in [-0.2, -0.15) is 0 Å². The number of hydrogen-bond acceptors (Lipinski definition) is 7. The Balaban J connectivity index is 1.65. The van der Waals surface area contributed by atoms with Crippen molar-refractivity contribution in [3.8, 4) is 0 Å². The van der Waals surface area contributed by atoms with Crippen LogP contribution in [0.15, 0.2) is 53.1 Å². The van der Waals surface area contributed by atoms with Crippen LogP contribution in [0.5, 0.6) is 0 Å². The van der Waals surface area contributed by atoms with E-state index >= 15 is 0 Å². The number of β-lactam (4-membered cyclic amide) rings is 1. The Morgan fingerprint density at radius 2 is 2.13 bits per heavy atom. The highest BCUT2D eigenvalue weighted by Crippen LogP contribution is 2.41. The van der Waals surface area contributed by atoms with E-state index in [0.717, 1.165) is 4.90 Å². The van der Waals surface area contributed by atoms with E-state index in [4.69, 9.17) is 0 Å². The van der Waals surface area contributed by atoms with E-state index < -0.39 is 34.5 Å². The number of para-hydroxylation sites is 1. The number of nitrogens with zero attached hydrogens (tertiary/aromatic N) is 4. The lowest BCUT2D eigenvalue weighted by Crippen LogP contribution is -2.75. The third-order valence-electron chi connectivity index (χ3n) is 4.80. The van der Waals surface area contributed by atoms with Gasteiger partial charge in [-0.3, -0.25) is 24.5 Å². The molecule has 2 aromatic rings. The summed E-state index contributed by atoms with van der Waals surface area (Å²) in [6.45, 7) is 1.32. The number of H-pyrrole nitrogens is 1. The maximum atomic E-state index is 13.0. The lowest BCUT2D eigenvalue weighted by Gasteiger charge is -2.52. The number of hydrogen-bond donors (Lipinski definition) is 2. The van der Waals surface area contributed by atoms with Gasteiger partial charge in [0, 0.05) is 23.9 Å². The molecule has 10 nitrogen and oxygen atoms in total. The van der Waals surface area contributed by atoms with E-state index in [1.807, 2.05) is 0 Å². The molecule has 1 aromatic heterocycles. The summed E-state index contributed by atoms with van der Waals surface area (Å²) in [5.74, 6) is -2.05. The largest absolute Gasteiger partial charge is 0.614 e. The second-order valence-corrected chi connectivity index (χ2v) is 9.10. The van der Waals surface area contributed by atoms with Crippen LogP contribution in [-0.4, -0.2) is 70.4 Å². The van der Waals surface area contributed by atoms with Gasteiger partial charge in [-0.15, -0.1) is 5.10 Å². The lowest BCUT2D eigenvalue weighted by atomic mass is 10.0. The SMILES string of the molecule is CC(=O)N(c1ccccc1)C1C(=O)N2C(C(=O)O)=C(CSc3nc[nH]n3)C[S+]([O-])[C@@H]12. The molecule has 0 bridgehead atoms. The van der Waals surface area contributed by atoms with Crippen LogP contribution in [-0.2, 0) is 25.6 Å². The van der Waals surface area contributed by atoms with E-state index in [0.29, 0.717) is 16.4 Å². The van der Waals surface area contributed by atoms with E-state index in [9.17, 15) is 24.0 Å². The summed E-state index contributed by atoms with van der Waals surface area (Å²) in [6.07, 6.45) is 1.40. The zero-order valence-corrected chi connectivity index (χ0v) is 17.4. The molecule has 2 unspecified atom stereocenters. The van der Waals surface area contributed by atoms with Gasteiger partial charge in [-0.1, -0.05) is 30.0 Å². The molecular formula is C18H17N5O5S2. The molecule has 0 radical (unpaired) electrons. The lowest BCUT2D eigenvalue weighted by molar-refractivity contribution is -0.149. The maximum absolute atomic E-state index is 13.0. The number of nitrogens with one attached hydrogen (secondary N) is 1. The van der Waals surface area contributed by atoms with Gasteiger partial charge < -0.3 is 9.66 Å². The average Bonchev–Trinajstić information content (AvgIpc) is 3.23. The van der Waals surface area contributed by atoms with Crippen molar-refractivity contribution in [1.29, 1.82) is 0 Å². The molecule has 2 aliphatic rings. The molecule has 0 saturated carbocycles. The second kappa shape index (κ2) is 8.13. The van der Waals surface area contributed by atoms with E-state index in [-0.39, 0.29) is 23.1 Å². The number of fused-ring (bicyclic) bond motifs is 1. The van der Waals surface area contributed by atoms with E-state index in [1.54, 1.807) is 30.3 Å². The average molecular weight is 447 g/mol. The van der Waals surface area contributed by atoms with Gasteiger partial charge in [0.2, 0.25) is 16.4 Å². The molecule has 12 heteroatoms. The number of anilines is 1. The molecule has 2 aliphatic heterocycles. The fraction of sp³-hybridized carbons (Fsp3) is 0.278. The highest BCUT2D eigenvalue weighted by atomic mass is 32.2. The van der Waals surface area contributed by atoms with Crippen LogP contribution in [0.25, 0.3) is 0 Å². The van der Waals surface area contributed by atoms with Crippen LogP contribution in [0.1, 0.15) is 6.92 Å². The van der Waals surface area contributed by atoms with Gasteiger partial charge in [-0.25, -0.2) is 9.78 Å². The van der Waals surface area contributed by atoms with Gasteiger partial charge in [0.05, 0.1) is 0 Å². The number of carbonyl (C=O) groups excluding carboxylic acids is 2. The number of carboxylic acids is 1. The van der Waals surface area contributed by atoms with Crippen LogP contribution in [0.3, 0.4) is 0 Å². The molecule has 2 amide bonds. The minimum atomic E-state index is -1.58. The van der Waals surface area contributed by atoms with Gasteiger partial charge in [0.1, 0.15) is 17.8 Å². The van der Waals surface area contributed by atoms with Gasteiger partial charge >= 0.3 is 5.97 Å². The molecule has 4 rings (SSSR count). The monoisotopic (exact) mass is 447 g/mol. The summed E-state index contributed by atoms with van der Waals surface area (Å²) in [4.78, 5) is 43.6. The standard InChI is InChI=1S/C18H17N5O5S2/c1-10(24)22(12-5-3-2-4-6-12)14-15(25)23-13(17(26)27)11(8-30(28)16(14)23)7-29-18-19-9-20-21-18/h2-6,9,14,16H,7-8H2,1H3,(H,26,27)(H,19,20,21)/t14?,16-,30?/m0/s1. The molecule has 2 N–H and O–H groups in total. The number of rotatable bonds is 6. The number of aromatic nitrogens is 3. The minimum absolute atomic E-state index is 0.00939. The third kappa shape index (κ3) is 3.46. The van der Waals surface area contributed by atoms with Gasteiger partial charge in [0.25, 0.3) is 5.91 Å². The molecule has 3 heterocycles. The molecule has 0 aliphatic carbocycles. The van der Waals surface area contributed by atoms with Crippen molar-refractivity contribution in [3.63, 3.8) is 0 Å². The van der Waals surface area contributed by atoms with Crippen molar-refractivity contribution in [1.82, 2.24) is 20.1 Å². The zero-order chi connectivity index (χ0) is 21.4. The first-order valence-electron chi connectivity index (χ1n) is 8.89. The highest BCUT2D eigenvalue weighted by molar-refractivity contribution is 7.99. The normalized spacial score (nSPS) is 23.1. The predicted octanol–water partition coefficient (Wildman–Crippen LogP) is 0.588. The summed E-state index contributed by atoms with van der Waals surface area (Å²) in [7, 11) is 0. The van der Waals surface area contributed by atoms with Crippen LogP contribution in [0.4, 0.5) is 5.69 Å². The molecule has 30 heavy (non-hydrogen) atoms. The maximum Gasteiger partial charge on any atom is 0.352 e. The Morgan fingerprint density at radius 1 is 1.40 bits per heavy atom. The molecule has 1 saturated heterocycles. The molecule has 3 atom stereocenters. The van der Waals surface area contributed by atoms with Crippen molar-refractivity contribution in [2.45, 2.75) is 23.5 Å². The molecular weight excluding hydrogens is 430 g/mol. The van der Waals surface area contributed by atoms with Crippen LogP contribution in [0.2, 0.25) is 0 Å². The zero-order valence-electron chi connectivity index (χ0n) is 15.7. The smallest absolute Gasteiger partial charge is 0.352 e. The van der Waals surface area contributed by atoms with Crippen molar-refractivity contribution < 1.29 is 24.0 Å². The van der Waals surface area contributed by atoms with Crippen LogP contribution < -0.4 is 4.90 Å². The Morgan fingerprint density at radius 3 is 2.73 bits per heavy atom. The molecule has 1 aromatic carbocycles. The minimum Gasteiger partial charge on any atom is -0.614 e. The second-order valence-electron chi connectivity index (χ2n) is 6.62. The Hall–Kier alpha value is -2.83. The Labute approximate surface area is 178 Å². The summed E-state index contributed by atoms with van der Waals surface area (Å²) in [6, 6.07) is 7.57. The fourth-order valence-electron chi connectivity index (χ4n) is 3.59. The Bertz CT molecular complexity index is 1010. The molecule has 1 fully saturated rings. The molecule has 156 valence electrons. The van der Waals surface area contributed by atoms with E-state index in [1.165, 1.54) is 29.9 Å². The number of aliphatic carboxylic acids is 1. The number of carboxylic acid groups (broad SMARTS) is 1. The van der Waals surface area contributed by atoms with Crippen molar-refractivity contribution in [2.24, 2.45) is 0 Å². The van der Waals surface area contributed by atoms with Gasteiger partial charge in [0.15, 0.2) is 6.04 Å². The first kappa shape index (κ1) is 20.4. The number of thioether (sulfide) groups is 1. The summed E-state index contributed by atoms with van der Waals surface area (Å²) in [5.41, 5.74) is 0.681. The summed E-state index contributed by atoms with van der Waals surface area (Å²) < 4.78 is 13.0. The fourth-order valence-corrected chi connectivity index (χ4v) is 6.23. The number of amides is 2. The summed E-state index contributed by atoms with van der Waals surface area (Å²) in [5, 5.41) is 15.7. The molecule has 0 spiro atoms. The third-order valence-corrected chi connectivity index (χ3v) is 7.39. The van der Waals surface area contributed by atoms with Crippen LogP contribution >= 0.6 is 11.8 Å². The van der Waals surface area contributed by atoms with Crippen LogP contribution in [0, 0.1) is 0 Å². The predicted molar refractivity (Wildman–Crippen MR) is 109 cm³/mol. The number of aromatic amines is 1. The topological polar surface area (TPSA) is 143 Å². The van der Waals surface area contributed by atoms with Crippen molar-refractivity contribution in [2.75, 3.05) is 16.4 Å². The van der Waals surface area contributed by atoms with Crippen molar-refractivity contribution >= 4 is 46.4 Å². The number of benzene rings is 1. The highest BCUT2D eigenvalue weighted by Gasteiger charge is 2.63. The summed E-state index contributed by atoms with van der Waals surface area (Å²) >= 11 is -0.395.